The monoisotopic (exact) mass is 448 g/mol. The van der Waals surface area contributed by atoms with Crippen LogP contribution in [0, 0.1) is 0 Å². The molecule has 2 bridgehead atoms. The first-order chi connectivity index (χ1) is 14.0. The van der Waals surface area contributed by atoms with Crippen LogP contribution in [0.4, 0.5) is 0 Å². The highest BCUT2D eigenvalue weighted by Crippen LogP contribution is 2.60. The van der Waals surface area contributed by atoms with Gasteiger partial charge in [-0.2, -0.15) is 8.42 Å². The minimum atomic E-state index is -4.30. The molecule has 3 saturated heterocycles. The highest BCUT2D eigenvalue weighted by molar-refractivity contribution is 7.87. The molecule has 3 aliphatic rings. The van der Waals surface area contributed by atoms with Crippen molar-refractivity contribution < 1.29 is 55.5 Å². The van der Waals surface area contributed by atoms with Crippen molar-refractivity contribution in [2.24, 2.45) is 0 Å². The summed E-state index contributed by atoms with van der Waals surface area (Å²) in [6, 6.07) is 0. The summed E-state index contributed by atoms with van der Waals surface area (Å²) in [6.45, 7) is 3.75. The number of carbonyl (C=O) groups excluding carboxylic acids is 4. The normalized spacial score (nSPS) is 34.8. The summed E-state index contributed by atoms with van der Waals surface area (Å²) in [6.07, 6.45) is -1.77. The third-order valence-corrected chi connectivity index (χ3v) is 6.85. The smallest absolute Gasteiger partial charge is 0.344 e. The molecule has 0 aromatic rings. The van der Waals surface area contributed by atoms with E-state index in [1.165, 1.54) is 0 Å². The summed E-state index contributed by atoms with van der Waals surface area (Å²) in [5.74, 6) is -3.29. The Morgan fingerprint density at radius 2 is 1.73 bits per heavy atom. The molecule has 0 amide bonds. The Kier molecular flexibility index (Phi) is 5.64. The zero-order valence-corrected chi connectivity index (χ0v) is 17.0. The Balaban J connectivity index is 1.92. The van der Waals surface area contributed by atoms with Gasteiger partial charge in [0.1, 0.15) is 24.9 Å². The van der Waals surface area contributed by atoms with E-state index in [0.29, 0.717) is 0 Å². The van der Waals surface area contributed by atoms with Crippen LogP contribution in [0.25, 0.3) is 0 Å². The Morgan fingerprint density at radius 3 is 2.33 bits per heavy atom. The topological polar surface area (TPSA) is 158 Å². The number of esters is 4. The molecule has 0 spiro atoms. The van der Waals surface area contributed by atoms with Gasteiger partial charge in [0.25, 0.3) is 10.1 Å². The third-order valence-electron chi connectivity index (χ3n) is 5.08. The van der Waals surface area contributed by atoms with E-state index in [1.807, 2.05) is 0 Å². The Hall–Kier alpha value is -2.51. The quantitative estimate of drug-likeness (QED) is 0.188. The van der Waals surface area contributed by atoms with Gasteiger partial charge in [0.2, 0.25) is 0 Å². The Bertz CT molecular complexity index is 894. The van der Waals surface area contributed by atoms with Gasteiger partial charge in [0.15, 0.2) is 23.6 Å². The standard InChI is InChI=1S/C17H20O12S/c1-4-12(20)24-6-13(21)27-14-15-17(8-26-10(3)19)11(28-30(15,22)23)5-16(14,29-17)7-25-9(2)18/h4,11,14-15H,1,5-8H2,2-3H3. The number of ether oxygens (including phenoxy) is 5. The van der Waals surface area contributed by atoms with Crippen LogP contribution in [-0.4, -0.2) is 80.8 Å². The lowest BCUT2D eigenvalue weighted by Crippen LogP contribution is -2.57. The van der Waals surface area contributed by atoms with Crippen molar-refractivity contribution >= 4 is 34.0 Å². The number of fused-ring (bicyclic) bond motifs is 1. The molecule has 0 saturated carbocycles. The largest absolute Gasteiger partial charge is 0.463 e. The molecule has 3 heterocycles. The summed E-state index contributed by atoms with van der Waals surface area (Å²) in [5, 5.41) is -1.54. The third kappa shape index (κ3) is 3.68. The lowest BCUT2D eigenvalue weighted by Gasteiger charge is -2.33. The van der Waals surface area contributed by atoms with E-state index in [4.69, 9.17) is 23.1 Å². The second kappa shape index (κ2) is 7.63. The first kappa shape index (κ1) is 22.2. The van der Waals surface area contributed by atoms with Crippen LogP contribution in [-0.2, 0) is 57.2 Å². The van der Waals surface area contributed by atoms with Crippen molar-refractivity contribution in [1.82, 2.24) is 0 Å². The molecule has 3 aliphatic heterocycles. The number of carbonyl (C=O) groups is 4. The van der Waals surface area contributed by atoms with E-state index >= 15 is 0 Å². The molecule has 166 valence electrons. The average Bonchev–Trinajstić information content (AvgIpc) is 3.15. The summed E-state index contributed by atoms with van der Waals surface area (Å²) >= 11 is 0. The molecule has 5 unspecified atom stereocenters. The maximum Gasteiger partial charge on any atom is 0.344 e. The Morgan fingerprint density at radius 1 is 1.10 bits per heavy atom. The lowest BCUT2D eigenvalue weighted by molar-refractivity contribution is -0.177. The van der Waals surface area contributed by atoms with Crippen LogP contribution in [0.1, 0.15) is 20.3 Å². The molecule has 3 rings (SSSR count). The van der Waals surface area contributed by atoms with Crippen molar-refractivity contribution in [3.8, 4) is 0 Å². The summed E-state index contributed by atoms with van der Waals surface area (Å²) in [5.41, 5.74) is -3.20. The molecule has 0 N–H and O–H groups in total. The molecule has 30 heavy (non-hydrogen) atoms. The van der Waals surface area contributed by atoms with E-state index in [1.54, 1.807) is 0 Å². The Labute approximate surface area is 171 Å². The van der Waals surface area contributed by atoms with Gasteiger partial charge in [-0.25, -0.2) is 9.59 Å². The van der Waals surface area contributed by atoms with Gasteiger partial charge in [-0.15, -0.1) is 0 Å². The molecule has 0 aromatic heterocycles. The lowest BCUT2D eigenvalue weighted by atomic mass is 9.78. The zero-order valence-electron chi connectivity index (χ0n) is 16.2. The van der Waals surface area contributed by atoms with E-state index in [2.05, 4.69) is 11.3 Å². The van der Waals surface area contributed by atoms with Crippen molar-refractivity contribution in [2.45, 2.75) is 48.9 Å². The highest BCUT2D eigenvalue weighted by Gasteiger charge is 2.82. The fourth-order valence-corrected chi connectivity index (χ4v) is 6.04. The van der Waals surface area contributed by atoms with Crippen molar-refractivity contribution in [3.63, 3.8) is 0 Å². The maximum absolute atomic E-state index is 12.7. The first-order valence-electron chi connectivity index (χ1n) is 8.83. The minimum absolute atomic E-state index is 0.109. The van der Waals surface area contributed by atoms with Crippen LogP contribution >= 0.6 is 0 Å². The highest BCUT2D eigenvalue weighted by atomic mass is 32.2. The first-order valence-corrected chi connectivity index (χ1v) is 10.3. The van der Waals surface area contributed by atoms with Crippen LogP contribution in [0.2, 0.25) is 0 Å². The predicted octanol–water partition coefficient (Wildman–Crippen LogP) is -1.24. The van der Waals surface area contributed by atoms with Crippen LogP contribution in [0.15, 0.2) is 12.7 Å². The zero-order chi connectivity index (χ0) is 22.3. The van der Waals surface area contributed by atoms with Crippen LogP contribution in [0.3, 0.4) is 0 Å². The summed E-state index contributed by atoms with van der Waals surface area (Å²) < 4.78 is 56.4. The van der Waals surface area contributed by atoms with Crippen molar-refractivity contribution in [1.29, 1.82) is 0 Å². The average molecular weight is 448 g/mol. The van der Waals surface area contributed by atoms with Crippen molar-refractivity contribution in [2.75, 3.05) is 19.8 Å². The fraction of sp³-hybridized carbons (Fsp3) is 0.647. The molecular formula is C17H20O12S. The van der Waals surface area contributed by atoms with Crippen LogP contribution < -0.4 is 0 Å². The number of rotatable bonds is 8. The SMILES string of the molecule is C=CC(=O)OCC(=O)OC1C2C3(COC(C)=O)OC1(COC(C)=O)CC3OS2(=O)=O. The second-order valence-corrected chi connectivity index (χ2v) is 8.79. The molecular weight excluding hydrogens is 428 g/mol. The van der Waals surface area contributed by atoms with Crippen molar-refractivity contribution in [3.05, 3.63) is 12.7 Å². The van der Waals surface area contributed by atoms with E-state index in [9.17, 15) is 27.6 Å². The van der Waals surface area contributed by atoms with Gasteiger partial charge in [-0.05, 0) is 0 Å². The predicted molar refractivity (Wildman–Crippen MR) is 93.0 cm³/mol. The fourth-order valence-electron chi connectivity index (χ4n) is 4.00. The number of hydrogen-bond donors (Lipinski definition) is 0. The summed E-state index contributed by atoms with van der Waals surface area (Å²) in [4.78, 5) is 46.0. The minimum Gasteiger partial charge on any atom is -0.463 e. The van der Waals surface area contributed by atoms with Crippen LogP contribution in [0.5, 0.6) is 0 Å². The van der Waals surface area contributed by atoms with E-state index < -0.39 is 82.5 Å². The number of hydrogen-bond acceptors (Lipinski definition) is 12. The van der Waals surface area contributed by atoms with E-state index in [-0.39, 0.29) is 6.42 Å². The van der Waals surface area contributed by atoms with Gasteiger partial charge in [0.05, 0.1) is 0 Å². The molecule has 5 atom stereocenters. The molecule has 13 heteroatoms. The molecule has 0 aromatic carbocycles. The second-order valence-electron chi connectivity index (χ2n) is 7.11. The summed E-state index contributed by atoms with van der Waals surface area (Å²) in [7, 11) is -4.30. The molecule has 0 radical (unpaired) electrons. The molecule has 3 fully saturated rings. The molecule has 12 nitrogen and oxygen atoms in total. The van der Waals surface area contributed by atoms with E-state index in [0.717, 1.165) is 19.9 Å². The van der Waals surface area contributed by atoms with Gasteiger partial charge in [-0.3, -0.25) is 13.8 Å². The van der Waals surface area contributed by atoms with Gasteiger partial charge >= 0.3 is 23.9 Å². The maximum atomic E-state index is 12.7. The van der Waals surface area contributed by atoms with Gasteiger partial charge in [-0.1, -0.05) is 6.58 Å². The molecule has 0 aliphatic carbocycles. The van der Waals surface area contributed by atoms with Gasteiger partial charge in [0, 0.05) is 26.3 Å². The van der Waals surface area contributed by atoms with Gasteiger partial charge < -0.3 is 23.7 Å².